The molecule has 1 aromatic rings. The van der Waals surface area contributed by atoms with Gasteiger partial charge in [0.2, 0.25) is 0 Å². The molecular formula is C20H31F3N4O. The van der Waals surface area contributed by atoms with Crippen LogP contribution >= 0.6 is 0 Å². The third-order valence-corrected chi connectivity index (χ3v) is 4.80. The van der Waals surface area contributed by atoms with Crippen LogP contribution in [0.2, 0.25) is 0 Å². The molecule has 0 saturated carbocycles. The Labute approximate surface area is 165 Å². The van der Waals surface area contributed by atoms with Crippen LogP contribution in [0.3, 0.4) is 0 Å². The standard InChI is InChI=1S/C20H31F3N4O/c1-15-6-7-17(16(2)12-15)18-13-27(10-11-28-18)19(24-3)25-8-5-9-26(4)14-20(21,22)23/h6-7,12,18H,5,8-11,13-14H2,1-4H3,(H,24,25). The van der Waals surface area contributed by atoms with E-state index in [1.807, 2.05) is 0 Å². The Hall–Kier alpha value is -1.80. The number of rotatable bonds is 6. The number of morpholine rings is 1. The Morgan fingerprint density at radius 2 is 2.11 bits per heavy atom. The van der Waals surface area contributed by atoms with Crippen molar-refractivity contribution in [3.05, 3.63) is 34.9 Å². The molecule has 1 aromatic carbocycles. The van der Waals surface area contributed by atoms with Crippen LogP contribution in [0.25, 0.3) is 0 Å². The van der Waals surface area contributed by atoms with Crippen molar-refractivity contribution in [3.8, 4) is 0 Å². The lowest BCUT2D eigenvalue weighted by Crippen LogP contribution is -2.48. The fourth-order valence-corrected chi connectivity index (χ4v) is 3.48. The van der Waals surface area contributed by atoms with E-state index in [-0.39, 0.29) is 6.10 Å². The second-order valence-corrected chi connectivity index (χ2v) is 7.35. The molecule has 1 heterocycles. The minimum absolute atomic E-state index is 0.0224. The first-order valence-corrected chi connectivity index (χ1v) is 9.59. The molecule has 5 nitrogen and oxygen atoms in total. The SMILES string of the molecule is CN=C(NCCCN(C)CC(F)(F)F)N1CCOC(c2ccc(C)cc2C)C1. The Morgan fingerprint density at radius 3 is 2.75 bits per heavy atom. The molecule has 0 amide bonds. The van der Waals surface area contributed by atoms with E-state index in [2.05, 4.69) is 47.3 Å². The van der Waals surface area contributed by atoms with E-state index in [0.717, 1.165) is 12.5 Å². The van der Waals surface area contributed by atoms with Gasteiger partial charge in [-0.3, -0.25) is 9.89 Å². The molecule has 1 aliphatic rings. The van der Waals surface area contributed by atoms with Crippen molar-refractivity contribution < 1.29 is 17.9 Å². The van der Waals surface area contributed by atoms with Gasteiger partial charge in [0.05, 0.1) is 19.7 Å². The number of hydrogen-bond acceptors (Lipinski definition) is 3. The number of nitrogens with one attached hydrogen (secondary N) is 1. The van der Waals surface area contributed by atoms with Crippen LogP contribution in [0.1, 0.15) is 29.2 Å². The van der Waals surface area contributed by atoms with Crippen molar-refractivity contribution in [2.75, 3.05) is 53.4 Å². The van der Waals surface area contributed by atoms with Gasteiger partial charge in [-0.15, -0.1) is 0 Å². The zero-order valence-corrected chi connectivity index (χ0v) is 17.1. The Morgan fingerprint density at radius 1 is 1.36 bits per heavy atom. The number of nitrogens with zero attached hydrogens (tertiary/aromatic N) is 3. The maximum atomic E-state index is 12.4. The average molecular weight is 400 g/mol. The fourth-order valence-electron chi connectivity index (χ4n) is 3.48. The molecule has 1 unspecified atom stereocenters. The normalized spacial score (nSPS) is 18.6. The maximum Gasteiger partial charge on any atom is 0.401 e. The third-order valence-electron chi connectivity index (χ3n) is 4.80. The van der Waals surface area contributed by atoms with Gasteiger partial charge >= 0.3 is 6.18 Å². The zero-order valence-electron chi connectivity index (χ0n) is 17.1. The first kappa shape index (κ1) is 22.5. The van der Waals surface area contributed by atoms with Gasteiger partial charge in [0.15, 0.2) is 5.96 Å². The number of aliphatic imine (C=N–C) groups is 1. The summed E-state index contributed by atoms with van der Waals surface area (Å²) in [7, 11) is 3.21. The highest BCUT2D eigenvalue weighted by Gasteiger charge is 2.29. The predicted octanol–water partition coefficient (Wildman–Crippen LogP) is 3.14. The van der Waals surface area contributed by atoms with E-state index >= 15 is 0 Å². The van der Waals surface area contributed by atoms with Crippen LogP contribution in [0.5, 0.6) is 0 Å². The molecule has 0 aliphatic carbocycles. The maximum absolute atomic E-state index is 12.4. The first-order valence-electron chi connectivity index (χ1n) is 9.59. The van der Waals surface area contributed by atoms with Gasteiger partial charge in [-0.1, -0.05) is 23.8 Å². The Balaban J connectivity index is 1.85. The lowest BCUT2D eigenvalue weighted by molar-refractivity contribution is -0.143. The van der Waals surface area contributed by atoms with Crippen molar-refractivity contribution in [2.45, 2.75) is 32.5 Å². The lowest BCUT2D eigenvalue weighted by atomic mass is 10.00. The summed E-state index contributed by atoms with van der Waals surface area (Å²) >= 11 is 0. The molecule has 0 aromatic heterocycles. The van der Waals surface area contributed by atoms with Crippen LogP contribution in [0.15, 0.2) is 23.2 Å². The van der Waals surface area contributed by atoms with Crippen molar-refractivity contribution >= 4 is 5.96 Å². The van der Waals surface area contributed by atoms with Gasteiger partial charge in [-0.25, -0.2) is 0 Å². The van der Waals surface area contributed by atoms with E-state index in [1.165, 1.54) is 28.6 Å². The van der Waals surface area contributed by atoms with Crippen molar-refractivity contribution in [2.24, 2.45) is 4.99 Å². The van der Waals surface area contributed by atoms with Gasteiger partial charge in [0.1, 0.15) is 6.10 Å². The molecule has 0 spiro atoms. The molecule has 28 heavy (non-hydrogen) atoms. The number of guanidine groups is 1. The van der Waals surface area contributed by atoms with E-state index in [0.29, 0.717) is 32.7 Å². The number of halogens is 3. The van der Waals surface area contributed by atoms with E-state index in [4.69, 9.17) is 4.74 Å². The number of benzene rings is 1. The summed E-state index contributed by atoms with van der Waals surface area (Å²) in [6.07, 6.45) is -3.57. The molecule has 2 rings (SSSR count). The van der Waals surface area contributed by atoms with Crippen LogP contribution in [-0.4, -0.2) is 75.4 Å². The molecule has 0 radical (unpaired) electrons. The van der Waals surface area contributed by atoms with Gasteiger partial charge in [-0.05, 0) is 45.0 Å². The molecule has 1 fully saturated rings. The minimum Gasteiger partial charge on any atom is -0.370 e. The van der Waals surface area contributed by atoms with Gasteiger partial charge in [-0.2, -0.15) is 13.2 Å². The summed E-state index contributed by atoms with van der Waals surface area (Å²) in [4.78, 5) is 7.77. The van der Waals surface area contributed by atoms with Crippen molar-refractivity contribution in [1.29, 1.82) is 0 Å². The summed E-state index contributed by atoms with van der Waals surface area (Å²) in [5.41, 5.74) is 3.61. The molecule has 1 aliphatic heterocycles. The highest BCUT2D eigenvalue weighted by atomic mass is 19.4. The highest BCUT2D eigenvalue weighted by Crippen LogP contribution is 2.25. The molecule has 0 bridgehead atoms. The summed E-state index contributed by atoms with van der Waals surface area (Å²) in [5, 5.41) is 3.27. The van der Waals surface area contributed by atoms with Crippen LogP contribution < -0.4 is 5.32 Å². The quantitative estimate of drug-likeness (QED) is 0.453. The van der Waals surface area contributed by atoms with Gasteiger partial charge in [0, 0.05) is 20.1 Å². The smallest absolute Gasteiger partial charge is 0.370 e. The summed E-state index contributed by atoms with van der Waals surface area (Å²) in [6, 6.07) is 6.36. The number of hydrogen-bond donors (Lipinski definition) is 1. The second kappa shape index (κ2) is 10.1. The zero-order chi connectivity index (χ0) is 20.7. The largest absolute Gasteiger partial charge is 0.401 e. The minimum atomic E-state index is -4.16. The summed E-state index contributed by atoms with van der Waals surface area (Å²) < 4.78 is 43.1. The molecule has 1 N–H and O–H groups in total. The van der Waals surface area contributed by atoms with E-state index in [1.54, 1.807) is 7.05 Å². The first-order chi connectivity index (χ1) is 13.2. The topological polar surface area (TPSA) is 40.1 Å². The molecule has 1 saturated heterocycles. The fraction of sp³-hybridized carbons (Fsp3) is 0.650. The Kier molecular flexibility index (Phi) is 8.12. The van der Waals surface area contributed by atoms with E-state index < -0.39 is 12.7 Å². The Bertz CT molecular complexity index is 663. The molecule has 1 atom stereocenters. The van der Waals surface area contributed by atoms with Crippen LogP contribution in [0.4, 0.5) is 13.2 Å². The molecular weight excluding hydrogens is 369 g/mol. The van der Waals surface area contributed by atoms with Crippen LogP contribution in [-0.2, 0) is 4.74 Å². The average Bonchev–Trinajstić information content (AvgIpc) is 2.60. The number of ether oxygens (including phenoxy) is 1. The number of alkyl halides is 3. The van der Waals surface area contributed by atoms with E-state index in [9.17, 15) is 13.2 Å². The van der Waals surface area contributed by atoms with Crippen molar-refractivity contribution in [1.82, 2.24) is 15.1 Å². The summed E-state index contributed by atoms with van der Waals surface area (Å²) in [6.45, 7) is 6.25. The van der Waals surface area contributed by atoms with Crippen molar-refractivity contribution in [3.63, 3.8) is 0 Å². The van der Waals surface area contributed by atoms with Gasteiger partial charge < -0.3 is 15.0 Å². The number of aryl methyl sites for hydroxylation is 2. The molecule has 8 heteroatoms. The van der Waals surface area contributed by atoms with Crippen LogP contribution in [0, 0.1) is 13.8 Å². The third kappa shape index (κ3) is 6.98. The predicted molar refractivity (Wildman–Crippen MR) is 106 cm³/mol. The van der Waals surface area contributed by atoms with Gasteiger partial charge in [0.25, 0.3) is 0 Å². The highest BCUT2D eigenvalue weighted by molar-refractivity contribution is 5.80. The summed E-state index contributed by atoms with van der Waals surface area (Å²) in [5.74, 6) is 0.761. The molecule has 158 valence electrons. The monoisotopic (exact) mass is 400 g/mol. The second-order valence-electron chi connectivity index (χ2n) is 7.35. The lowest BCUT2D eigenvalue weighted by Gasteiger charge is -2.36.